The van der Waals surface area contributed by atoms with Crippen LogP contribution in [0, 0.1) is 0 Å². The molecule has 4 nitrogen and oxygen atoms in total. The monoisotopic (exact) mass is 269 g/mol. The normalized spacial score (nSPS) is 22.8. The summed E-state index contributed by atoms with van der Waals surface area (Å²) in [5, 5.41) is 3.34. The smallest absolute Gasteiger partial charge is 0.237 e. The molecule has 0 spiro atoms. The zero-order valence-corrected chi connectivity index (χ0v) is 13.0. The Balaban J connectivity index is 2.64. The average Bonchev–Trinajstić information content (AvgIpc) is 2.55. The van der Waals surface area contributed by atoms with Crippen LogP contribution < -0.4 is 11.1 Å². The summed E-state index contributed by atoms with van der Waals surface area (Å²) >= 11 is 0. The Bertz CT molecular complexity index is 285. The number of carbonyl (C=O) groups excluding carboxylic acids is 1. The fourth-order valence-electron chi connectivity index (χ4n) is 3.12. The third kappa shape index (κ3) is 5.11. The Morgan fingerprint density at radius 2 is 1.74 bits per heavy atom. The minimum atomic E-state index is -0.611. The molecule has 1 fully saturated rings. The van der Waals surface area contributed by atoms with Crippen molar-refractivity contribution in [1.29, 1.82) is 0 Å². The van der Waals surface area contributed by atoms with E-state index in [0.717, 1.165) is 19.5 Å². The number of hydrogen-bond acceptors (Lipinski definition) is 3. The summed E-state index contributed by atoms with van der Waals surface area (Å²) < 4.78 is 0. The van der Waals surface area contributed by atoms with Crippen molar-refractivity contribution in [2.45, 2.75) is 77.4 Å². The van der Waals surface area contributed by atoms with Gasteiger partial charge >= 0.3 is 0 Å². The number of carbonyl (C=O) groups is 1. The lowest BCUT2D eigenvalue weighted by molar-refractivity contribution is -0.124. The standard InChI is InChI=1S/C15H31N3O/c1-12(2)17-15(4,14(16)19)11-13(3)18-9-7-5-6-8-10-18/h12-13,17H,5-11H2,1-4H3,(H2,16,19). The number of primary amides is 1. The van der Waals surface area contributed by atoms with Crippen molar-refractivity contribution in [3.8, 4) is 0 Å². The van der Waals surface area contributed by atoms with Crippen LogP contribution in [0.2, 0.25) is 0 Å². The number of amides is 1. The van der Waals surface area contributed by atoms with Crippen molar-refractivity contribution < 1.29 is 4.79 Å². The van der Waals surface area contributed by atoms with Gasteiger partial charge in [-0.3, -0.25) is 4.79 Å². The highest BCUT2D eigenvalue weighted by atomic mass is 16.1. The van der Waals surface area contributed by atoms with Crippen molar-refractivity contribution in [2.24, 2.45) is 5.73 Å². The predicted octanol–water partition coefficient (Wildman–Crippen LogP) is 1.88. The van der Waals surface area contributed by atoms with Crippen LogP contribution in [-0.4, -0.2) is 41.5 Å². The molecular formula is C15H31N3O. The van der Waals surface area contributed by atoms with Gasteiger partial charge in [-0.15, -0.1) is 0 Å². The Kier molecular flexibility index (Phi) is 6.27. The van der Waals surface area contributed by atoms with Crippen molar-refractivity contribution >= 4 is 5.91 Å². The highest BCUT2D eigenvalue weighted by molar-refractivity contribution is 5.84. The summed E-state index contributed by atoms with van der Waals surface area (Å²) in [6, 6.07) is 0.649. The molecule has 1 amide bonds. The third-order valence-electron chi connectivity index (χ3n) is 4.12. The van der Waals surface area contributed by atoms with E-state index >= 15 is 0 Å². The summed E-state index contributed by atoms with van der Waals surface area (Å²) in [6.07, 6.45) is 5.99. The Hall–Kier alpha value is -0.610. The van der Waals surface area contributed by atoms with Gasteiger partial charge in [0.05, 0.1) is 5.54 Å². The van der Waals surface area contributed by atoms with E-state index in [1.165, 1.54) is 25.7 Å². The average molecular weight is 269 g/mol. The summed E-state index contributed by atoms with van der Waals surface area (Å²) in [5.74, 6) is -0.247. The van der Waals surface area contributed by atoms with Gasteiger partial charge < -0.3 is 16.0 Å². The number of nitrogens with one attached hydrogen (secondary N) is 1. The lowest BCUT2D eigenvalue weighted by atomic mass is 9.91. The first-order valence-corrected chi connectivity index (χ1v) is 7.67. The van der Waals surface area contributed by atoms with Crippen LogP contribution >= 0.6 is 0 Å². The van der Waals surface area contributed by atoms with Crippen LogP contribution in [0.5, 0.6) is 0 Å². The molecule has 4 heteroatoms. The zero-order chi connectivity index (χ0) is 14.5. The molecule has 1 aliphatic heterocycles. The molecule has 1 aliphatic rings. The number of nitrogens with zero attached hydrogens (tertiary/aromatic N) is 1. The van der Waals surface area contributed by atoms with Crippen LogP contribution in [0.4, 0.5) is 0 Å². The summed E-state index contributed by atoms with van der Waals surface area (Å²) in [7, 11) is 0. The Morgan fingerprint density at radius 1 is 1.21 bits per heavy atom. The summed E-state index contributed by atoms with van der Waals surface area (Å²) in [4.78, 5) is 14.3. The van der Waals surface area contributed by atoms with Gasteiger partial charge in [-0.25, -0.2) is 0 Å². The SMILES string of the molecule is CC(C)NC(C)(CC(C)N1CCCCCC1)C(N)=O. The predicted molar refractivity (Wildman–Crippen MR) is 80.0 cm³/mol. The lowest BCUT2D eigenvalue weighted by Crippen LogP contribution is -2.58. The minimum Gasteiger partial charge on any atom is -0.368 e. The van der Waals surface area contributed by atoms with E-state index in [9.17, 15) is 4.79 Å². The molecule has 0 aromatic rings. The van der Waals surface area contributed by atoms with E-state index in [-0.39, 0.29) is 11.9 Å². The zero-order valence-electron chi connectivity index (χ0n) is 13.0. The molecule has 2 atom stereocenters. The Labute approximate surface area is 118 Å². The molecule has 0 bridgehead atoms. The van der Waals surface area contributed by atoms with Gasteiger partial charge in [-0.05, 0) is 60.0 Å². The fourth-order valence-corrected chi connectivity index (χ4v) is 3.12. The quantitative estimate of drug-likeness (QED) is 0.774. The van der Waals surface area contributed by atoms with Gasteiger partial charge in [0.1, 0.15) is 0 Å². The molecule has 19 heavy (non-hydrogen) atoms. The first-order valence-electron chi connectivity index (χ1n) is 7.67. The second-order valence-electron chi connectivity index (χ2n) is 6.50. The van der Waals surface area contributed by atoms with Crippen LogP contribution in [0.1, 0.15) is 59.8 Å². The molecular weight excluding hydrogens is 238 g/mol. The van der Waals surface area contributed by atoms with Gasteiger partial charge in [-0.2, -0.15) is 0 Å². The second-order valence-corrected chi connectivity index (χ2v) is 6.50. The number of hydrogen-bond donors (Lipinski definition) is 2. The Morgan fingerprint density at radius 3 is 2.16 bits per heavy atom. The van der Waals surface area contributed by atoms with Crippen LogP contribution in [-0.2, 0) is 4.79 Å². The molecule has 1 rings (SSSR count). The minimum absolute atomic E-state index is 0.247. The van der Waals surface area contributed by atoms with E-state index in [1.807, 2.05) is 6.92 Å². The summed E-state index contributed by atoms with van der Waals surface area (Å²) in [6.45, 7) is 10.6. The maximum absolute atomic E-state index is 11.8. The molecule has 1 saturated heterocycles. The number of likely N-dealkylation sites (tertiary alicyclic amines) is 1. The largest absolute Gasteiger partial charge is 0.368 e. The highest BCUT2D eigenvalue weighted by Crippen LogP contribution is 2.20. The number of rotatable bonds is 6. The highest BCUT2D eigenvalue weighted by Gasteiger charge is 2.34. The van der Waals surface area contributed by atoms with E-state index in [0.29, 0.717) is 6.04 Å². The van der Waals surface area contributed by atoms with Crippen molar-refractivity contribution in [3.05, 3.63) is 0 Å². The molecule has 2 unspecified atom stereocenters. The fraction of sp³-hybridized carbons (Fsp3) is 0.933. The van der Waals surface area contributed by atoms with Crippen molar-refractivity contribution in [3.63, 3.8) is 0 Å². The van der Waals surface area contributed by atoms with Gasteiger partial charge in [-0.1, -0.05) is 12.8 Å². The molecule has 3 N–H and O–H groups in total. The number of nitrogens with two attached hydrogens (primary N) is 1. The lowest BCUT2D eigenvalue weighted by Gasteiger charge is -2.36. The first kappa shape index (κ1) is 16.4. The summed E-state index contributed by atoms with van der Waals surface area (Å²) in [5.41, 5.74) is 5.00. The molecule has 0 radical (unpaired) electrons. The van der Waals surface area contributed by atoms with Gasteiger partial charge in [0.25, 0.3) is 0 Å². The third-order valence-corrected chi connectivity index (χ3v) is 4.12. The van der Waals surface area contributed by atoms with E-state index in [4.69, 9.17) is 5.73 Å². The molecule has 0 aromatic carbocycles. The molecule has 1 heterocycles. The molecule has 0 aliphatic carbocycles. The van der Waals surface area contributed by atoms with Gasteiger partial charge in [0.15, 0.2) is 0 Å². The maximum Gasteiger partial charge on any atom is 0.237 e. The second kappa shape index (κ2) is 7.25. The van der Waals surface area contributed by atoms with Crippen LogP contribution in [0.3, 0.4) is 0 Å². The maximum atomic E-state index is 11.8. The van der Waals surface area contributed by atoms with Gasteiger partial charge in [0, 0.05) is 12.1 Å². The molecule has 112 valence electrons. The van der Waals surface area contributed by atoms with E-state index in [1.54, 1.807) is 0 Å². The van der Waals surface area contributed by atoms with E-state index in [2.05, 4.69) is 31.0 Å². The van der Waals surface area contributed by atoms with Crippen molar-refractivity contribution in [1.82, 2.24) is 10.2 Å². The van der Waals surface area contributed by atoms with Crippen molar-refractivity contribution in [2.75, 3.05) is 13.1 Å². The van der Waals surface area contributed by atoms with E-state index < -0.39 is 5.54 Å². The van der Waals surface area contributed by atoms with Crippen LogP contribution in [0.25, 0.3) is 0 Å². The molecule has 0 saturated carbocycles. The van der Waals surface area contributed by atoms with Crippen LogP contribution in [0.15, 0.2) is 0 Å². The topological polar surface area (TPSA) is 58.4 Å². The van der Waals surface area contributed by atoms with Gasteiger partial charge in [0.2, 0.25) is 5.91 Å². The molecule has 0 aromatic heterocycles. The first-order chi connectivity index (χ1) is 8.85.